The summed E-state index contributed by atoms with van der Waals surface area (Å²) in [6, 6.07) is 0. The molecule has 2 aromatic rings. The van der Waals surface area contributed by atoms with Gasteiger partial charge in [-0.25, -0.2) is 4.63 Å². The van der Waals surface area contributed by atoms with Crippen molar-refractivity contribution in [3.63, 3.8) is 0 Å². The van der Waals surface area contributed by atoms with Crippen molar-refractivity contribution in [2.45, 2.75) is 52.0 Å². The molecule has 2 aromatic heterocycles. The van der Waals surface area contributed by atoms with E-state index >= 15 is 0 Å². The molecule has 3 rings (SSSR count). The predicted molar refractivity (Wildman–Crippen MR) is 74.7 cm³/mol. The molecule has 1 aliphatic rings. The molecule has 0 aliphatic carbocycles. The molecule has 0 saturated carbocycles. The topological polar surface area (TPSA) is 81.1 Å². The van der Waals surface area contributed by atoms with Crippen molar-refractivity contribution in [3.05, 3.63) is 23.1 Å². The van der Waals surface area contributed by atoms with Crippen LogP contribution in [0, 0.1) is 6.92 Å². The van der Waals surface area contributed by atoms with Crippen molar-refractivity contribution in [2.75, 3.05) is 13.1 Å². The van der Waals surface area contributed by atoms with Gasteiger partial charge in [0.15, 0.2) is 5.82 Å². The van der Waals surface area contributed by atoms with Crippen molar-refractivity contribution < 1.29 is 9.15 Å². The van der Waals surface area contributed by atoms with Crippen LogP contribution in [-0.2, 0) is 6.54 Å². The van der Waals surface area contributed by atoms with Gasteiger partial charge in [0.2, 0.25) is 5.89 Å². The van der Waals surface area contributed by atoms with Gasteiger partial charge in [0, 0.05) is 18.4 Å². The van der Waals surface area contributed by atoms with Crippen molar-refractivity contribution in [3.8, 4) is 0 Å². The number of aryl methyl sites for hydroxylation is 1. The lowest BCUT2D eigenvalue weighted by Gasteiger charge is -2.29. The van der Waals surface area contributed by atoms with Crippen LogP contribution in [-0.4, -0.2) is 38.4 Å². The maximum Gasteiger partial charge on any atom is 0.229 e. The molecule has 0 N–H and O–H groups in total. The number of piperidine rings is 1. The summed E-state index contributed by atoms with van der Waals surface area (Å²) in [6.07, 6.45) is 2.06. The van der Waals surface area contributed by atoms with E-state index in [9.17, 15) is 0 Å². The molecular weight excluding hydrogens is 270 g/mol. The van der Waals surface area contributed by atoms with E-state index < -0.39 is 0 Å². The Morgan fingerprint density at radius 1 is 1.19 bits per heavy atom. The third-order valence-electron chi connectivity index (χ3n) is 4.03. The van der Waals surface area contributed by atoms with Gasteiger partial charge in [0.05, 0.1) is 0 Å². The fourth-order valence-corrected chi connectivity index (χ4v) is 2.59. The molecular formula is C14H21N5O2. The van der Waals surface area contributed by atoms with E-state index in [4.69, 9.17) is 9.15 Å². The number of hydrogen-bond donors (Lipinski definition) is 0. The van der Waals surface area contributed by atoms with Crippen LogP contribution in [0.15, 0.2) is 9.15 Å². The molecule has 114 valence electrons. The highest BCUT2D eigenvalue weighted by Gasteiger charge is 2.26. The fraction of sp³-hybridized carbons (Fsp3) is 0.714. The predicted octanol–water partition coefficient (Wildman–Crippen LogP) is 2.26. The van der Waals surface area contributed by atoms with E-state index in [2.05, 4.69) is 39.2 Å². The number of aromatic nitrogens is 4. The van der Waals surface area contributed by atoms with Crippen molar-refractivity contribution >= 4 is 0 Å². The third-order valence-corrected chi connectivity index (χ3v) is 4.03. The molecule has 0 radical (unpaired) electrons. The first kappa shape index (κ1) is 14.2. The second-order valence-corrected chi connectivity index (χ2v) is 5.99. The Morgan fingerprint density at radius 2 is 1.95 bits per heavy atom. The number of rotatable bonds is 4. The summed E-state index contributed by atoms with van der Waals surface area (Å²) >= 11 is 0. The van der Waals surface area contributed by atoms with Gasteiger partial charge in [-0.3, -0.25) is 4.90 Å². The maximum absolute atomic E-state index is 5.41. The highest BCUT2D eigenvalue weighted by molar-refractivity contribution is 5.05. The standard InChI is InChI=1S/C14H21N5O2/c1-9(2)13-15-14(20-18-13)11-4-6-19(7-5-11)8-12-10(3)16-21-17-12/h9,11H,4-8H2,1-3H3. The van der Waals surface area contributed by atoms with Crippen LogP contribution in [0.5, 0.6) is 0 Å². The molecule has 21 heavy (non-hydrogen) atoms. The lowest BCUT2D eigenvalue weighted by Crippen LogP contribution is -2.32. The summed E-state index contributed by atoms with van der Waals surface area (Å²) in [4.78, 5) is 6.88. The molecule has 0 atom stereocenters. The minimum Gasteiger partial charge on any atom is -0.339 e. The fourth-order valence-electron chi connectivity index (χ4n) is 2.59. The van der Waals surface area contributed by atoms with Crippen LogP contribution in [0.3, 0.4) is 0 Å². The van der Waals surface area contributed by atoms with Gasteiger partial charge in [-0.15, -0.1) is 0 Å². The lowest BCUT2D eigenvalue weighted by atomic mass is 9.96. The summed E-state index contributed by atoms with van der Waals surface area (Å²) in [7, 11) is 0. The average Bonchev–Trinajstić information content (AvgIpc) is 3.10. The van der Waals surface area contributed by atoms with Crippen LogP contribution in [0.2, 0.25) is 0 Å². The maximum atomic E-state index is 5.41. The van der Waals surface area contributed by atoms with E-state index in [-0.39, 0.29) is 0 Å². The summed E-state index contributed by atoms with van der Waals surface area (Å²) in [5.41, 5.74) is 1.80. The molecule has 7 heteroatoms. The van der Waals surface area contributed by atoms with Crippen LogP contribution in [0.4, 0.5) is 0 Å². The molecule has 0 unspecified atom stereocenters. The second kappa shape index (κ2) is 5.93. The first-order chi connectivity index (χ1) is 10.1. The lowest BCUT2D eigenvalue weighted by molar-refractivity contribution is 0.182. The van der Waals surface area contributed by atoms with Crippen molar-refractivity contribution in [1.29, 1.82) is 0 Å². The van der Waals surface area contributed by atoms with Crippen LogP contribution < -0.4 is 0 Å². The number of nitrogens with zero attached hydrogens (tertiary/aromatic N) is 5. The normalized spacial score (nSPS) is 17.7. The molecule has 1 saturated heterocycles. The Morgan fingerprint density at radius 3 is 2.52 bits per heavy atom. The number of likely N-dealkylation sites (tertiary alicyclic amines) is 1. The van der Waals surface area contributed by atoms with E-state index in [1.54, 1.807) is 0 Å². The van der Waals surface area contributed by atoms with Gasteiger partial charge in [-0.05, 0) is 32.9 Å². The van der Waals surface area contributed by atoms with Gasteiger partial charge in [0.25, 0.3) is 0 Å². The highest BCUT2D eigenvalue weighted by atomic mass is 16.6. The summed E-state index contributed by atoms with van der Waals surface area (Å²) in [5.74, 6) is 2.28. The van der Waals surface area contributed by atoms with Gasteiger partial charge >= 0.3 is 0 Å². The molecule has 3 heterocycles. The molecule has 1 aliphatic heterocycles. The van der Waals surface area contributed by atoms with Gasteiger partial charge in [0.1, 0.15) is 11.4 Å². The molecule has 0 bridgehead atoms. The van der Waals surface area contributed by atoms with E-state index in [1.165, 1.54) is 0 Å². The highest BCUT2D eigenvalue weighted by Crippen LogP contribution is 2.28. The number of hydrogen-bond acceptors (Lipinski definition) is 7. The molecule has 0 spiro atoms. The van der Waals surface area contributed by atoms with Crippen molar-refractivity contribution in [2.24, 2.45) is 0 Å². The monoisotopic (exact) mass is 291 g/mol. The Kier molecular flexibility index (Phi) is 4.01. The quantitative estimate of drug-likeness (QED) is 0.854. The zero-order chi connectivity index (χ0) is 14.8. The van der Waals surface area contributed by atoms with Gasteiger partial charge < -0.3 is 4.52 Å². The van der Waals surface area contributed by atoms with Crippen LogP contribution >= 0.6 is 0 Å². The summed E-state index contributed by atoms with van der Waals surface area (Å²) in [5, 5.41) is 11.8. The Balaban J connectivity index is 1.56. The van der Waals surface area contributed by atoms with Gasteiger partial charge in [-0.1, -0.05) is 29.3 Å². The third kappa shape index (κ3) is 3.12. The second-order valence-electron chi connectivity index (χ2n) is 5.99. The van der Waals surface area contributed by atoms with E-state index in [0.717, 1.165) is 55.6 Å². The first-order valence-electron chi connectivity index (χ1n) is 7.47. The molecule has 0 aromatic carbocycles. The Hall–Kier alpha value is -1.76. The van der Waals surface area contributed by atoms with Gasteiger partial charge in [-0.2, -0.15) is 4.98 Å². The zero-order valence-corrected chi connectivity index (χ0v) is 12.7. The minimum atomic E-state index is 0.310. The molecule has 0 amide bonds. The Bertz CT molecular complexity index is 584. The van der Waals surface area contributed by atoms with E-state index in [1.807, 2.05) is 6.92 Å². The first-order valence-corrected chi connectivity index (χ1v) is 7.47. The summed E-state index contributed by atoms with van der Waals surface area (Å²) in [6.45, 7) is 8.86. The smallest absolute Gasteiger partial charge is 0.229 e. The Labute approximate surface area is 123 Å². The van der Waals surface area contributed by atoms with Crippen molar-refractivity contribution in [1.82, 2.24) is 25.4 Å². The average molecular weight is 291 g/mol. The largest absolute Gasteiger partial charge is 0.339 e. The SMILES string of the molecule is Cc1nonc1CN1CCC(c2nc(C(C)C)no2)CC1. The molecule has 7 nitrogen and oxygen atoms in total. The summed E-state index contributed by atoms with van der Waals surface area (Å²) < 4.78 is 10.2. The minimum absolute atomic E-state index is 0.310. The molecule has 1 fully saturated rings. The van der Waals surface area contributed by atoms with Crippen LogP contribution in [0.25, 0.3) is 0 Å². The van der Waals surface area contributed by atoms with E-state index in [0.29, 0.717) is 11.8 Å². The zero-order valence-electron chi connectivity index (χ0n) is 12.7. The van der Waals surface area contributed by atoms with Crippen LogP contribution in [0.1, 0.15) is 61.6 Å².